The average Bonchev–Trinajstić information content (AvgIpc) is 2.66. The number of aromatic amines is 1. The third-order valence-corrected chi connectivity index (χ3v) is 3.70. The van der Waals surface area contributed by atoms with E-state index < -0.39 is 17.1 Å². The summed E-state index contributed by atoms with van der Waals surface area (Å²) < 4.78 is 10.5. The number of fused-ring (bicyclic) bond motifs is 1. The Morgan fingerprint density at radius 3 is 2.50 bits per heavy atom. The maximum Gasteiger partial charge on any atom is 0.355 e. The van der Waals surface area contributed by atoms with Crippen LogP contribution in [-0.4, -0.2) is 34.6 Å². The van der Waals surface area contributed by atoms with E-state index in [1.807, 2.05) is 6.07 Å². The van der Waals surface area contributed by atoms with Crippen molar-refractivity contribution in [2.75, 3.05) is 14.2 Å². The van der Waals surface area contributed by atoms with Gasteiger partial charge in [0.05, 0.1) is 19.9 Å². The van der Waals surface area contributed by atoms with Crippen molar-refractivity contribution >= 4 is 11.7 Å². The summed E-state index contributed by atoms with van der Waals surface area (Å²) in [5.41, 5.74) is -1.46. The number of hydrogen-bond acceptors (Lipinski definition) is 7. The van der Waals surface area contributed by atoms with Crippen molar-refractivity contribution in [3.8, 4) is 23.1 Å². The van der Waals surface area contributed by atoms with E-state index in [2.05, 4.69) is 14.7 Å². The van der Waals surface area contributed by atoms with E-state index in [-0.39, 0.29) is 22.7 Å². The molecule has 0 aliphatic carbocycles. The monoisotopic (exact) mass is 352 g/mol. The van der Waals surface area contributed by atoms with Crippen molar-refractivity contribution in [1.82, 2.24) is 14.4 Å². The molecule has 0 atom stereocenters. The summed E-state index contributed by atoms with van der Waals surface area (Å²) >= 11 is 0. The number of hydrogen-bond donors (Lipinski definition) is 1. The van der Waals surface area contributed by atoms with Gasteiger partial charge in [-0.05, 0) is 24.3 Å². The van der Waals surface area contributed by atoms with Gasteiger partial charge in [0.1, 0.15) is 23.1 Å². The molecule has 0 saturated heterocycles. The number of rotatable bonds is 3. The van der Waals surface area contributed by atoms with Crippen LogP contribution in [0.25, 0.3) is 17.0 Å². The van der Waals surface area contributed by atoms with Gasteiger partial charge in [0, 0.05) is 11.6 Å². The molecule has 0 aliphatic heterocycles. The van der Waals surface area contributed by atoms with Gasteiger partial charge in [-0.1, -0.05) is 0 Å². The second-order valence-corrected chi connectivity index (χ2v) is 5.15. The van der Waals surface area contributed by atoms with Crippen molar-refractivity contribution < 1.29 is 14.3 Å². The fourth-order valence-electron chi connectivity index (χ4n) is 2.48. The van der Waals surface area contributed by atoms with Crippen LogP contribution in [0.1, 0.15) is 16.1 Å². The Bertz CT molecular complexity index is 1170. The van der Waals surface area contributed by atoms with Gasteiger partial charge in [-0.25, -0.2) is 14.2 Å². The summed E-state index contributed by atoms with van der Waals surface area (Å²) in [7, 11) is 2.63. The largest absolute Gasteiger partial charge is 0.497 e. The van der Waals surface area contributed by atoms with Crippen molar-refractivity contribution in [2.24, 2.45) is 0 Å². The number of nitriles is 1. The molecule has 2 aromatic heterocycles. The summed E-state index contributed by atoms with van der Waals surface area (Å²) in [6, 6.07) is 9.27. The summed E-state index contributed by atoms with van der Waals surface area (Å²) in [6.07, 6.45) is 0. The van der Waals surface area contributed by atoms with E-state index >= 15 is 0 Å². The van der Waals surface area contributed by atoms with Gasteiger partial charge in [-0.3, -0.25) is 14.6 Å². The highest BCUT2D eigenvalue weighted by Crippen LogP contribution is 2.22. The average molecular weight is 352 g/mol. The summed E-state index contributed by atoms with van der Waals surface area (Å²) in [4.78, 5) is 43.1. The number of aromatic nitrogens is 3. The highest BCUT2D eigenvalue weighted by Gasteiger charge is 2.20. The number of H-pyrrole nitrogens is 1. The van der Waals surface area contributed by atoms with Crippen molar-refractivity contribution in [3.05, 3.63) is 62.3 Å². The summed E-state index contributed by atoms with van der Waals surface area (Å²) in [6.45, 7) is 0. The van der Waals surface area contributed by atoms with E-state index in [0.717, 1.165) is 17.6 Å². The molecule has 0 aliphatic rings. The molecule has 9 heteroatoms. The molecule has 3 aromatic rings. The Balaban J connectivity index is 2.40. The third kappa shape index (κ3) is 2.69. The van der Waals surface area contributed by atoms with E-state index in [4.69, 9.17) is 4.74 Å². The maximum absolute atomic E-state index is 12.8. The molecule has 2 heterocycles. The number of ether oxygens (including phenoxy) is 2. The van der Waals surface area contributed by atoms with Gasteiger partial charge in [-0.15, -0.1) is 0 Å². The Morgan fingerprint density at radius 1 is 1.23 bits per heavy atom. The number of methoxy groups -OCH3 is 2. The zero-order valence-electron chi connectivity index (χ0n) is 13.8. The Kier molecular flexibility index (Phi) is 4.24. The molecule has 130 valence electrons. The first-order valence-corrected chi connectivity index (χ1v) is 7.33. The molecule has 0 radical (unpaired) electrons. The molecule has 1 aromatic carbocycles. The van der Waals surface area contributed by atoms with Crippen LogP contribution >= 0.6 is 0 Å². The van der Waals surface area contributed by atoms with Gasteiger partial charge in [-0.2, -0.15) is 5.26 Å². The SMILES string of the molecule is COC(=O)c1cc(=O)[nH]c2nc(-c3ccc(OC)cc3)c(C#N)c(=O)n12. The number of esters is 1. The van der Waals surface area contributed by atoms with Gasteiger partial charge in [0.15, 0.2) is 0 Å². The minimum atomic E-state index is -0.897. The van der Waals surface area contributed by atoms with Crippen LogP contribution in [0.5, 0.6) is 5.75 Å². The molecule has 3 rings (SSSR count). The molecular formula is C17H12N4O5. The molecule has 26 heavy (non-hydrogen) atoms. The lowest BCUT2D eigenvalue weighted by molar-refractivity contribution is 0.0591. The topological polar surface area (TPSA) is 127 Å². The number of carbonyl (C=O) groups excluding carboxylic acids is 1. The van der Waals surface area contributed by atoms with E-state index in [1.165, 1.54) is 7.11 Å². The van der Waals surface area contributed by atoms with Gasteiger partial charge in [0.2, 0.25) is 5.78 Å². The first-order chi connectivity index (χ1) is 12.5. The molecule has 0 fully saturated rings. The highest BCUT2D eigenvalue weighted by molar-refractivity contribution is 5.88. The zero-order valence-corrected chi connectivity index (χ0v) is 13.8. The molecule has 0 amide bonds. The minimum Gasteiger partial charge on any atom is -0.497 e. The molecule has 0 saturated carbocycles. The van der Waals surface area contributed by atoms with E-state index in [1.54, 1.807) is 24.3 Å². The maximum atomic E-state index is 12.8. The minimum absolute atomic E-state index is 0.0813. The number of nitrogens with one attached hydrogen (secondary N) is 1. The Hall–Kier alpha value is -3.93. The first kappa shape index (κ1) is 16.9. The van der Waals surface area contributed by atoms with Crippen LogP contribution in [0.4, 0.5) is 0 Å². The normalized spacial score (nSPS) is 10.3. The molecule has 9 nitrogen and oxygen atoms in total. The Morgan fingerprint density at radius 2 is 1.92 bits per heavy atom. The second kappa shape index (κ2) is 6.52. The van der Waals surface area contributed by atoms with Crippen LogP contribution in [0.2, 0.25) is 0 Å². The lowest BCUT2D eigenvalue weighted by Crippen LogP contribution is -2.28. The van der Waals surface area contributed by atoms with Crippen LogP contribution in [-0.2, 0) is 4.74 Å². The van der Waals surface area contributed by atoms with Crippen molar-refractivity contribution in [3.63, 3.8) is 0 Å². The zero-order chi connectivity index (χ0) is 18.8. The lowest BCUT2D eigenvalue weighted by atomic mass is 10.1. The van der Waals surface area contributed by atoms with Crippen LogP contribution < -0.4 is 15.9 Å². The molecule has 0 bridgehead atoms. The van der Waals surface area contributed by atoms with Gasteiger partial charge >= 0.3 is 5.97 Å². The second-order valence-electron chi connectivity index (χ2n) is 5.15. The quantitative estimate of drug-likeness (QED) is 0.688. The van der Waals surface area contributed by atoms with E-state index in [9.17, 15) is 19.6 Å². The molecule has 1 N–H and O–H groups in total. The molecule has 0 spiro atoms. The fraction of sp³-hybridized carbons (Fsp3) is 0.118. The van der Waals surface area contributed by atoms with Gasteiger partial charge in [0.25, 0.3) is 11.1 Å². The summed E-state index contributed by atoms with van der Waals surface area (Å²) in [5.74, 6) is -0.482. The predicted molar refractivity (Wildman–Crippen MR) is 90.1 cm³/mol. The summed E-state index contributed by atoms with van der Waals surface area (Å²) in [5, 5.41) is 9.45. The Labute approximate surface area is 146 Å². The smallest absolute Gasteiger partial charge is 0.355 e. The van der Waals surface area contributed by atoms with Crippen LogP contribution in [0.15, 0.2) is 39.9 Å². The van der Waals surface area contributed by atoms with Crippen molar-refractivity contribution in [1.29, 1.82) is 5.26 Å². The fourth-order valence-corrected chi connectivity index (χ4v) is 2.48. The lowest BCUT2D eigenvalue weighted by Gasteiger charge is -2.10. The van der Waals surface area contributed by atoms with E-state index in [0.29, 0.717) is 11.3 Å². The highest BCUT2D eigenvalue weighted by atomic mass is 16.5. The standard InChI is InChI=1S/C17H12N4O5/c1-25-10-5-3-9(4-6-10)14-11(8-18)15(23)21-12(16(24)26-2)7-13(22)19-17(21)20-14/h3-7H,1-2H3,(H,19,20,22). The van der Waals surface area contributed by atoms with Crippen LogP contribution in [0, 0.1) is 11.3 Å². The predicted octanol–water partition coefficient (Wildman–Crippen LogP) is 0.717. The van der Waals surface area contributed by atoms with Crippen LogP contribution in [0.3, 0.4) is 0 Å². The van der Waals surface area contributed by atoms with Gasteiger partial charge < -0.3 is 9.47 Å². The third-order valence-electron chi connectivity index (χ3n) is 3.70. The van der Waals surface area contributed by atoms with Crippen molar-refractivity contribution in [2.45, 2.75) is 0 Å². The first-order valence-electron chi connectivity index (χ1n) is 7.33. The molecule has 0 unspecified atom stereocenters. The number of benzene rings is 1. The molecular weight excluding hydrogens is 340 g/mol. The number of carbonyl (C=O) groups is 1. The number of nitrogens with zero attached hydrogens (tertiary/aromatic N) is 3.